The van der Waals surface area contributed by atoms with Gasteiger partial charge in [-0.1, -0.05) is 47.7 Å². The molecule has 0 saturated heterocycles. The van der Waals surface area contributed by atoms with Crippen molar-refractivity contribution in [1.82, 2.24) is 20.2 Å². The van der Waals surface area contributed by atoms with Crippen molar-refractivity contribution in [3.05, 3.63) is 53.6 Å². The van der Waals surface area contributed by atoms with Crippen LogP contribution in [0.5, 0.6) is 0 Å². The fraction of sp³-hybridized carbons (Fsp3) is 0.158. The van der Waals surface area contributed by atoms with Crippen LogP contribution in [0.25, 0.3) is 22.1 Å². The Balaban J connectivity index is 1.50. The number of thioether (sulfide) groups is 1. The maximum atomic E-state index is 12.1. The van der Waals surface area contributed by atoms with Crippen LogP contribution >= 0.6 is 11.8 Å². The zero-order valence-electron chi connectivity index (χ0n) is 14.4. The number of hydrogen-bond acceptors (Lipinski definition) is 5. The van der Waals surface area contributed by atoms with Gasteiger partial charge in [0.05, 0.1) is 11.3 Å². The van der Waals surface area contributed by atoms with Gasteiger partial charge in [-0.3, -0.25) is 4.79 Å². The lowest BCUT2D eigenvalue weighted by Gasteiger charge is -2.04. The first-order chi connectivity index (χ1) is 12.6. The number of aromatic nitrogens is 4. The second kappa shape index (κ2) is 6.76. The predicted octanol–water partition coefficient (Wildman–Crippen LogP) is 3.85. The van der Waals surface area contributed by atoms with Crippen LogP contribution in [-0.2, 0) is 4.79 Å². The lowest BCUT2D eigenvalue weighted by Crippen LogP contribution is -2.14. The molecule has 2 aromatic heterocycles. The number of anilines is 1. The first kappa shape index (κ1) is 16.5. The van der Waals surface area contributed by atoms with Gasteiger partial charge >= 0.3 is 0 Å². The van der Waals surface area contributed by atoms with Crippen molar-refractivity contribution in [3.8, 4) is 0 Å². The van der Waals surface area contributed by atoms with Crippen LogP contribution in [0.2, 0.25) is 0 Å². The Bertz CT molecular complexity index is 1100. The van der Waals surface area contributed by atoms with E-state index in [0.717, 1.165) is 33.2 Å². The number of para-hydroxylation sites is 1. The lowest BCUT2D eigenvalue weighted by atomic mass is 10.1. The smallest absolute Gasteiger partial charge is 0.234 e. The molecule has 0 spiro atoms. The summed E-state index contributed by atoms with van der Waals surface area (Å²) in [4.78, 5) is 20.0. The van der Waals surface area contributed by atoms with E-state index in [9.17, 15) is 4.79 Å². The van der Waals surface area contributed by atoms with E-state index in [1.807, 2.05) is 56.3 Å². The van der Waals surface area contributed by atoms with Crippen LogP contribution in [0, 0.1) is 13.8 Å². The minimum absolute atomic E-state index is 0.0997. The number of benzene rings is 2. The summed E-state index contributed by atoms with van der Waals surface area (Å²) < 4.78 is 0. The van der Waals surface area contributed by atoms with E-state index in [4.69, 9.17) is 0 Å². The predicted molar refractivity (Wildman–Crippen MR) is 104 cm³/mol. The molecule has 0 unspecified atom stereocenters. The van der Waals surface area contributed by atoms with Crippen molar-refractivity contribution in [2.45, 2.75) is 19.0 Å². The molecule has 0 aliphatic carbocycles. The molecule has 2 heterocycles. The number of hydrogen-bond donors (Lipinski definition) is 2. The van der Waals surface area contributed by atoms with Gasteiger partial charge in [-0.25, -0.2) is 4.98 Å². The first-order valence-electron chi connectivity index (χ1n) is 8.21. The molecule has 0 aliphatic heterocycles. The third-order valence-corrected chi connectivity index (χ3v) is 4.94. The van der Waals surface area contributed by atoms with E-state index in [2.05, 4.69) is 25.5 Å². The molecule has 0 atom stereocenters. The third kappa shape index (κ3) is 3.25. The number of H-pyrrole nitrogens is 1. The fourth-order valence-corrected chi connectivity index (χ4v) is 3.34. The minimum atomic E-state index is -0.0997. The van der Waals surface area contributed by atoms with Crippen LogP contribution < -0.4 is 5.32 Å². The van der Waals surface area contributed by atoms with Crippen LogP contribution in [0.3, 0.4) is 0 Å². The molecule has 6 nitrogen and oxygen atoms in total. The number of amides is 1. The van der Waals surface area contributed by atoms with Crippen molar-refractivity contribution in [1.29, 1.82) is 0 Å². The molecule has 0 aliphatic rings. The summed E-state index contributed by atoms with van der Waals surface area (Å²) in [6.45, 7) is 4.05. The Morgan fingerprint density at radius 2 is 1.92 bits per heavy atom. The van der Waals surface area contributed by atoms with Crippen LogP contribution in [-0.4, -0.2) is 31.8 Å². The van der Waals surface area contributed by atoms with Gasteiger partial charge in [0.2, 0.25) is 11.1 Å². The van der Waals surface area contributed by atoms with Gasteiger partial charge in [0.15, 0.2) is 5.65 Å². The summed E-state index contributed by atoms with van der Waals surface area (Å²) in [7, 11) is 0. The molecule has 0 fully saturated rings. The summed E-state index contributed by atoms with van der Waals surface area (Å²) in [6, 6.07) is 13.7. The van der Waals surface area contributed by atoms with Gasteiger partial charge < -0.3 is 10.3 Å². The zero-order valence-corrected chi connectivity index (χ0v) is 15.2. The molecule has 0 bridgehead atoms. The van der Waals surface area contributed by atoms with Crippen LogP contribution in [0.1, 0.15) is 11.1 Å². The summed E-state index contributed by atoms with van der Waals surface area (Å²) in [5, 5.41) is 12.7. The maximum Gasteiger partial charge on any atom is 0.234 e. The summed E-state index contributed by atoms with van der Waals surface area (Å²) >= 11 is 1.27. The van der Waals surface area contributed by atoms with E-state index in [1.54, 1.807) is 0 Å². The molecule has 4 aromatic rings. The Hall–Kier alpha value is -2.93. The number of rotatable bonds is 4. The van der Waals surface area contributed by atoms with Gasteiger partial charge in [-0.2, -0.15) is 0 Å². The number of nitrogens with zero attached hydrogens (tertiary/aromatic N) is 3. The standard InChI is InChI=1S/C19H17N5OS/c1-11-6-8-13(9-7-11)20-15(25)10-26-19-22-17-14-5-3-4-12(2)16(14)21-18(17)23-24-19/h3-9H,10H2,1-2H3,(H,20,25)(H,21,23). The van der Waals surface area contributed by atoms with Crippen molar-refractivity contribution < 1.29 is 4.79 Å². The molecule has 0 radical (unpaired) electrons. The van der Waals surface area contributed by atoms with E-state index in [1.165, 1.54) is 11.8 Å². The van der Waals surface area contributed by atoms with Gasteiger partial charge in [0, 0.05) is 11.1 Å². The maximum absolute atomic E-state index is 12.1. The van der Waals surface area contributed by atoms with Crippen LogP contribution in [0.4, 0.5) is 5.69 Å². The fourth-order valence-electron chi connectivity index (χ4n) is 2.76. The molecule has 130 valence electrons. The quantitative estimate of drug-likeness (QED) is 0.538. The largest absolute Gasteiger partial charge is 0.336 e. The Labute approximate surface area is 154 Å². The normalized spacial score (nSPS) is 11.2. The minimum Gasteiger partial charge on any atom is -0.336 e. The van der Waals surface area contributed by atoms with Crippen molar-refractivity contribution in [2.24, 2.45) is 0 Å². The average molecular weight is 363 g/mol. The van der Waals surface area contributed by atoms with E-state index < -0.39 is 0 Å². The highest BCUT2D eigenvalue weighted by atomic mass is 32.2. The second-order valence-electron chi connectivity index (χ2n) is 6.12. The number of carbonyl (C=O) groups excluding carboxylic acids is 1. The van der Waals surface area contributed by atoms with E-state index in [-0.39, 0.29) is 11.7 Å². The highest BCUT2D eigenvalue weighted by molar-refractivity contribution is 7.99. The number of aryl methyl sites for hydroxylation is 2. The topological polar surface area (TPSA) is 83.6 Å². The number of aromatic amines is 1. The van der Waals surface area contributed by atoms with Crippen molar-refractivity contribution in [2.75, 3.05) is 11.1 Å². The Morgan fingerprint density at radius 3 is 2.73 bits per heavy atom. The molecule has 7 heteroatoms. The van der Waals surface area contributed by atoms with Gasteiger partial charge in [0.25, 0.3) is 0 Å². The highest BCUT2D eigenvalue weighted by Crippen LogP contribution is 2.26. The summed E-state index contributed by atoms with van der Waals surface area (Å²) in [6.07, 6.45) is 0. The SMILES string of the molecule is Cc1ccc(NC(=O)CSc2nnc3[nH]c4c(C)cccc4c3n2)cc1. The van der Waals surface area contributed by atoms with Gasteiger partial charge in [-0.05, 0) is 31.5 Å². The Kier molecular flexibility index (Phi) is 4.30. The monoisotopic (exact) mass is 363 g/mol. The van der Waals surface area contributed by atoms with E-state index >= 15 is 0 Å². The molecule has 2 aromatic carbocycles. The molecular weight excluding hydrogens is 346 g/mol. The number of fused-ring (bicyclic) bond motifs is 3. The van der Waals surface area contributed by atoms with Crippen molar-refractivity contribution in [3.63, 3.8) is 0 Å². The number of carbonyl (C=O) groups is 1. The summed E-state index contributed by atoms with van der Waals surface area (Å²) in [5.74, 6) is 0.125. The molecule has 2 N–H and O–H groups in total. The average Bonchev–Trinajstić information content (AvgIpc) is 3.01. The molecular formula is C19H17N5OS. The lowest BCUT2D eigenvalue weighted by molar-refractivity contribution is -0.113. The molecule has 0 saturated carbocycles. The molecule has 26 heavy (non-hydrogen) atoms. The first-order valence-corrected chi connectivity index (χ1v) is 9.20. The zero-order chi connectivity index (χ0) is 18.1. The Morgan fingerprint density at radius 1 is 1.12 bits per heavy atom. The second-order valence-corrected chi connectivity index (χ2v) is 7.06. The van der Waals surface area contributed by atoms with Gasteiger partial charge in [-0.15, -0.1) is 10.2 Å². The molecule has 4 rings (SSSR count). The molecule has 1 amide bonds. The highest BCUT2D eigenvalue weighted by Gasteiger charge is 2.12. The van der Waals surface area contributed by atoms with Gasteiger partial charge in [0.1, 0.15) is 5.52 Å². The summed E-state index contributed by atoms with van der Waals surface area (Å²) in [5.41, 5.74) is 5.52. The van der Waals surface area contributed by atoms with Crippen LogP contribution in [0.15, 0.2) is 47.6 Å². The number of nitrogens with one attached hydrogen (secondary N) is 2. The third-order valence-electron chi connectivity index (χ3n) is 4.11. The van der Waals surface area contributed by atoms with E-state index in [0.29, 0.717) is 10.8 Å². The van der Waals surface area contributed by atoms with Crippen molar-refractivity contribution >= 4 is 45.4 Å².